The van der Waals surface area contributed by atoms with Crippen molar-refractivity contribution in [3.8, 4) is 17.2 Å². The fourth-order valence-corrected chi connectivity index (χ4v) is 2.55. The third-order valence-electron chi connectivity index (χ3n) is 3.55. The third kappa shape index (κ3) is 4.22. The molecular formula is C18H17ClN2O4. The summed E-state index contributed by atoms with van der Waals surface area (Å²) < 4.78 is 16.0. The summed E-state index contributed by atoms with van der Waals surface area (Å²) in [7, 11) is 0. The van der Waals surface area contributed by atoms with E-state index in [1.165, 1.54) is 6.21 Å². The number of carbonyl (C=O) groups excluding carboxylic acids is 1. The molecule has 1 aliphatic heterocycles. The smallest absolute Gasteiger partial charge is 0.277 e. The van der Waals surface area contributed by atoms with E-state index in [-0.39, 0.29) is 19.3 Å². The number of ether oxygens (including phenoxy) is 3. The van der Waals surface area contributed by atoms with Gasteiger partial charge in [-0.3, -0.25) is 4.79 Å². The highest BCUT2D eigenvalue weighted by atomic mass is 35.5. The van der Waals surface area contributed by atoms with Gasteiger partial charge in [0, 0.05) is 0 Å². The van der Waals surface area contributed by atoms with Gasteiger partial charge in [-0.1, -0.05) is 23.7 Å². The van der Waals surface area contributed by atoms with Crippen molar-refractivity contribution in [3.63, 3.8) is 0 Å². The predicted molar refractivity (Wildman–Crippen MR) is 94.7 cm³/mol. The molecule has 0 radical (unpaired) electrons. The van der Waals surface area contributed by atoms with Crippen LogP contribution in [0, 0.1) is 13.8 Å². The van der Waals surface area contributed by atoms with Gasteiger partial charge in [0.1, 0.15) is 5.75 Å². The number of aryl methyl sites for hydroxylation is 2. The maximum absolute atomic E-state index is 11.8. The molecule has 6 nitrogen and oxygen atoms in total. The molecule has 1 N–H and O–H groups in total. The first-order valence-electron chi connectivity index (χ1n) is 7.64. The lowest BCUT2D eigenvalue weighted by atomic mass is 10.1. The molecule has 0 saturated carbocycles. The molecule has 0 fully saturated rings. The number of hydrazone groups is 1. The highest BCUT2D eigenvalue weighted by molar-refractivity contribution is 6.32. The summed E-state index contributed by atoms with van der Waals surface area (Å²) in [5.74, 6) is 1.40. The third-order valence-corrected chi connectivity index (χ3v) is 3.84. The fraction of sp³-hybridized carbons (Fsp3) is 0.222. The maximum Gasteiger partial charge on any atom is 0.277 e. The zero-order valence-corrected chi connectivity index (χ0v) is 14.6. The topological polar surface area (TPSA) is 69.2 Å². The van der Waals surface area contributed by atoms with E-state index in [0.717, 1.165) is 11.1 Å². The molecule has 3 rings (SSSR count). The molecule has 0 aliphatic carbocycles. The van der Waals surface area contributed by atoms with Crippen molar-refractivity contribution >= 4 is 23.7 Å². The zero-order valence-electron chi connectivity index (χ0n) is 13.8. The molecule has 0 atom stereocenters. The average molecular weight is 361 g/mol. The molecular weight excluding hydrogens is 344 g/mol. The minimum atomic E-state index is -0.357. The van der Waals surface area contributed by atoms with Crippen molar-refractivity contribution in [2.45, 2.75) is 13.8 Å². The van der Waals surface area contributed by atoms with Gasteiger partial charge in [0.2, 0.25) is 6.79 Å². The Kier molecular flexibility index (Phi) is 5.09. The van der Waals surface area contributed by atoms with Crippen LogP contribution in [0.15, 0.2) is 35.4 Å². The number of nitrogens with zero attached hydrogens (tertiary/aromatic N) is 1. The minimum absolute atomic E-state index is 0.121. The number of nitrogens with one attached hydrogen (secondary N) is 1. The van der Waals surface area contributed by atoms with E-state index in [2.05, 4.69) is 10.5 Å². The summed E-state index contributed by atoms with van der Waals surface area (Å²) in [6.45, 7) is 3.91. The van der Waals surface area contributed by atoms with Gasteiger partial charge in [-0.15, -0.1) is 0 Å². The molecule has 2 aromatic carbocycles. The Morgan fingerprint density at radius 3 is 3.00 bits per heavy atom. The normalized spacial score (nSPS) is 12.4. The Labute approximate surface area is 150 Å². The molecule has 0 aromatic heterocycles. The van der Waals surface area contributed by atoms with Gasteiger partial charge >= 0.3 is 0 Å². The summed E-state index contributed by atoms with van der Waals surface area (Å²) >= 11 is 6.09. The number of hydrogen-bond acceptors (Lipinski definition) is 5. The van der Waals surface area contributed by atoms with Crippen LogP contribution in [-0.4, -0.2) is 25.5 Å². The summed E-state index contributed by atoms with van der Waals surface area (Å²) in [6, 6.07) is 9.24. The standard InChI is InChI=1S/C18H17ClN2O4/c1-11-3-4-12(2)15(5-11)23-9-17(22)21-20-8-13-6-14(19)18-16(7-13)24-10-25-18/h3-8H,9-10H2,1-2H3,(H,21,22)/b20-8-. The highest BCUT2D eigenvalue weighted by Crippen LogP contribution is 2.39. The quantitative estimate of drug-likeness (QED) is 0.656. The van der Waals surface area contributed by atoms with Crippen molar-refractivity contribution in [2.75, 3.05) is 13.4 Å². The van der Waals surface area contributed by atoms with Crippen LogP contribution in [0.2, 0.25) is 5.02 Å². The lowest BCUT2D eigenvalue weighted by Gasteiger charge is -2.08. The highest BCUT2D eigenvalue weighted by Gasteiger charge is 2.17. The maximum atomic E-state index is 11.8. The number of benzene rings is 2. The second-order valence-electron chi connectivity index (χ2n) is 5.59. The van der Waals surface area contributed by atoms with E-state index in [9.17, 15) is 4.79 Å². The fourth-order valence-electron chi connectivity index (χ4n) is 2.28. The molecule has 130 valence electrons. The van der Waals surface area contributed by atoms with E-state index in [1.54, 1.807) is 12.1 Å². The number of amides is 1. The van der Waals surface area contributed by atoms with Crippen LogP contribution in [0.1, 0.15) is 16.7 Å². The van der Waals surface area contributed by atoms with Crippen molar-refractivity contribution in [2.24, 2.45) is 5.10 Å². The minimum Gasteiger partial charge on any atom is -0.483 e. The molecule has 25 heavy (non-hydrogen) atoms. The van der Waals surface area contributed by atoms with Crippen molar-refractivity contribution in [3.05, 3.63) is 52.0 Å². The van der Waals surface area contributed by atoms with Crippen molar-refractivity contribution < 1.29 is 19.0 Å². The van der Waals surface area contributed by atoms with Gasteiger partial charge in [0.25, 0.3) is 5.91 Å². The van der Waals surface area contributed by atoms with Crippen molar-refractivity contribution in [1.82, 2.24) is 5.43 Å². The molecule has 0 bridgehead atoms. The van der Waals surface area contributed by atoms with E-state index in [0.29, 0.717) is 27.8 Å². The first kappa shape index (κ1) is 17.1. The van der Waals surface area contributed by atoms with Gasteiger partial charge < -0.3 is 14.2 Å². The molecule has 7 heteroatoms. The van der Waals surface area contributed by atoms with Gasteiger partial charge in [-0.25, -0.2) is 5.43 Å². The number of halogens is 1. The van der Waals surface area contributed by atoms with Gasteiger partial charge in [-0.05, 0) is 48.7 Å². The van der Waals surface area contributed by atoms with Crippen LogP contribution in [0.25, 0.3) is 0 Å². The van der Waals surface area contributed by atoms with Crippen LogP contribution in [0.5, 0.6) is 17.2 Å². The predicted octanol–water partition coefficient (Wildman–Crippen LogP) is 3.21. The van der Waals surface area contributed by atoms with E-state index < -0.39 is 0 Å². The van der Waals surface area contributed by atoms with Gasteiger partial charge in [-0.2, -0.15) is 5.10 Å². The summed E-state index contributed by atoms with van der Waals surface area (Å²) in [6.07, 6.45) is 1.48. The van der Waals surface area contributed by atoms with Crippen LogP contribution in [0.4, 0.5) is 0 Å². The number of rotatable bonds is 5. The first-order valence-corrected chi connectivity index (χ1v) is 8.02. The summed E-state index contributed by atoms with van der Waals surface area (Å²) in [4.78, 5) is 11.8. The monoisotopic (exact) mass is 360 g/mol. The Balaban J connectivity index is 1.55. The van der Waals surface area contributed by atoms with E-state index in [4.69, 9.17) is 25.8 Å². The van der Waals surface area contributed by atoms with Crippen LogP contribution in [-0.2, 0) is 4.79 Å². The Hall–Kier alpha value is -2.73. The Bertz CT molecular complexity index is 836. The second-order valence-corrected chi connectivity index (χ2v) is 5.99. The summed E-state index contributed by atoms with van der Waals surface area (Å²) in [5.41, 5.74) is 5.14. The van der Waals surface area contributed by atoms with Crippen LogP contribution >= 0.6 is 11.6 Å². The van der Waals surface area contributed by atoms with Crippen molar-refractivity contribution in [1.29, 1.82) is 0 Å². The zero-order chi connectivity index (χ0) is 17.8. The molecule has 1 amide bonds. The SMILES string of the molecule is Cc1ccc(C)c(OCC(=O)N/N=C\c2cc(Cl)c3c(c2)OCO3)c1. The molecule has 0 unspecified atom stereocenters. The number of carbonyl (C=O) groups is 1. The lowest BCUT2D eigenvalue weighted by Crippen LogP contribution is -2.24. The largest absolute Gasteiger partial charge is 0.483 e. The number of hydrogen-bond donors (Lipinski definition) is 1. The molecule has 2 aromatic rings. The Morgan fingerprint density at radius 1 is 1.32 bits per heavy atom. The van der Waals surface area contributed by atoms with Gasteiger partial charge in [0.05, 0.1) is 11.2 Å². The molecule has 0 spiro atoms. The van der Waals surface area contributed by atoms with Gasteiger partial charge in [0.15, 0.2) is 18.1 Å². The molecule has 1 aliphatic rings. The lowest BCUT2D eigenvalue weighted by molar-refractivity contribution is -0.123. The number of fused-ring (bicyclic) bond motifs is 1. The van der Waals surface area contributed by atoms with Crippen LogP contribution in [0.3, 0.4) is 0 Å². The Morgan fingerprint density at radius 2 is 2.16 bits per heavy atom. The molecule has 1 heterocycles. The average Bonchev–Trinajstić information content (AvgIpc) is 3.05. The van der Waals surface area contributed by atoms with E-state index in [1.807, 2.05) is 32.0 Å². The van der Waals surface area contributed by atoms with Crippen LogP contribution < -0.4 is 19.6 Å². The second kappa shape index (κ2) is 7.44. The summed E-state index contributed by atoms with van der Waals surface area (Å²) in [5, 5.41) is 4.33. The van der Waals surface area contributed by atoms with E-state index >= 15 is 0 Å². The molecule has 0 saturated heterocycles. The first-order chi connectivity index (χ1) is 12.0.